The number of aromatic nitrogens is 6. The molecule has 3 aromatic heterocycles. The maximum absolute atomic E-state index is 12.3. The summed E-state index contributed by atoms with van der Waals surface area (Å²) in [7, 11) is -2.53. The van der Waals surface area contributed by atoms with Crippen LogP contribution in [0, 0.1) is 34.0 Å². The number of hydrogen-bond donors (Lipinski definition) is 6. The Balaban J connectivity index is 0.000000432. The molecule has 0 fully saturated rings. The maximum Gasteiger partial charge on any atom is 0.252 e. The molecule has 0 aliphatic heterocycles. The lowest BCUT2D eigenvalue weighted by Gasteiger charge is -2.22. The minimum Gasteiger partial charge on any atom is -0.381 e. The molecule has 0 aliphatic rings. The van der Waals surface area contributed by atoms with Crippen LogP contribution in [0.1, 0.15) is 158 Å². The van der Waals surface area contributed by atoms with Crippen molar-refractivity contribution in [3.8, 4) is 18.2 Å². The van der Waals surface area contributed by atoms with Crippen LogP contribution in [-0.2, 0) is 49.7 Å². The third-order valence-electron chi connectivity index (χ3n) is 12.9. The molecule has 6 rings (SSSR count). The topological polar surface area (TPSA) is 387 Å². The third kappa shape index (κ3) is 24.5. The van der Waals surface area contributed by atoms with Gasteiger partial charge in [0.25, 0.3) is 10.0 Å². The molecule has 0 radical (unpaired) electrons. The first-order chi connectivity index (χ1) is 42.7. The van der Waals surface area contributed by atoms with Gasteiger partial charge in [-0.25, -0.2) is 16.8 Å². The van der Waals surface area contributed by atoms with Crippen molar-refractivity contribution < 1.29 is 31.2 Å². The number of nitrogen functional groups attached to an aromatic ring is 1. The number of benzene rings is 3. The van der Waals surface area contributed by atoms with Gasteiger partial charge in [-0.3, -0.25) is 24.6 Å². The highest BCUT2D eigenvalue weighted by Crippen LogP contribution is 2.37. The highest BCUT2D eigenvalue weighted by Gasteiger charge is 2.31. The second-order valence-corrected chi connectivity index (χ2v) is 28.3. The Morgan fingerprint density at radius 2 is 0.967 bits per heavy atom. The fourth-order valence-corrected chi connectivity index (χ4v) is 9.22. The minimum absolute atomic E-state index is 0.0347. The van der Waals surface area contributed by atoms with Gasteiger partial charge < -0.3 is 36.4 Å². The Bertz CT molecular complexity index is 3910. The molecular formula is C62H89ClN20O7S2. The standard InChI is InChI=1S/C21H29N7O3S.C20H27N7O.C12H18N2O.C8H12N4.CH3ClO2S/c1-8-27(9-2)15-10-11-17(18(12-15)23-14(3)29)24-25-20-16(13-22)19(21(4,5)6)26-28(20)32(7,30)31;1-7-27(8-2)14-9-10-16(17(11-14)22-13(3)28)23-25-19-15(12-21)18(24-26-19)20(4,5)6;1-4-14(5-2)12-8-6-7-11(9-12)13-10(3)15;1-8(2,3)6-5(4-9)7(10)12-11-6;1-5(2,3)4/h10-12H,8-9H2,1-7H3,(H,23,29);9-11H,7-8H2,1-6H3,(H,22,28)(H,24,26);6-9H,4-5H2,1-3H3,(H,13,15);1-3H3,(H3,10,11,12);1H3. The lowest BCUT2D eigenvalue weighted by atomic mass is 9.90. The second kappa shape index (κ2) is 34.8. The zero-order chi connectivity index (χ0) is 70.3. The highest BCUT2D eigenvalue weighted by molar-refractivity contribution is 8.13. The van der Waals surface area contributed by atoms with Gasteiger partial charge in [-0.2, -0.15) is 31.1 Å². The number of azo groups is 2. The van der Waals surface area contributed by atoms with Crippen molar-refractivity contribution in [2.24, 2.45) is 20.5 Å². The first kappa shape index (κ1) is 78.9. The van der Waals surface area contributed by atoms with Crippen molar-refractivity contribution in [3.63, 3.8) is 0 Å². The molecule has 0 atom stereocenters. The van der Waals surface area contributed by atoms with E-state index >= 15 is 0 Å². The molecule has 6 aromatic rings. The first-order valence-electron chi connectivity index (χ1n) is 29.3. The van der Waals surface area contributed by atoms with Crippen molar-refractivity contribution in [1.82, 2.24) is 29.6 Å². The van der Waals surface area contributed by atoms with E-state index < -0.39 is 24.5 Å². The average molecular weight is 1330 g/mol. The number of nitriles is 3. The molecule has 0 spiro atoms. The van der Waals surface area contributed by atoms with Gasteiger partial charge in [0.1, 0.15) is 46.3 Å². The zero-order valence-corrected chi connectivity index (χ0v) is 58.8. The maximum atomic E-state index is 12.3. The quantitative estimate of drug-likeness (QED) is 0.0365. The minimum atomic E-state index is -3.84. The first-order valence-corrected chi connectivity index (χ1v) is 33.9. The van der Waals surface area contributed by atoms with Gasteiger partial charge in [-0.15, -0.1) is 24.5 Å². The lowest BCUT2D eigenvalue weighted by Crippen LogP contribution is -2.21. The van der Waals surface area contributed by atoms with Crippen LogP contribution >= 0.6 is 10.7 Å². The number of H-pyrrole nitrogens is 2. The normalized spacial score (nSPS) is 11.4. The second-order valence-electron chi connectivity index (χ2n) is 23.5. The Morgan fingerprint density at radius 1 is 0.576 bits per heavy atom. The van der Waals surface area contributed by atoms with Crippen LogP contribution in [0.3, 0.4) is 0 Å². The molecule has 30 heteroatoms. The SMILES string of the molecule is CC(C)(C)c1[nH]nc(N)c1C#N.CCN(CC)c1ccc(N=Nc2c(C#N)c(C(C)(C)C)nn2S(C)(=O)=O)c(NC(C)=O)c1.CCN(CC)c1ccc(N=Nc2n[nH]c(C(C)(C)C)c2C#N)c(NC(C)=O)c1.CCN(CC)c1cccc(NC(C)=O)c1.CS(=O)(=O)Cl. The fourth-order valence-electron chi connectivity index (χ4n) is 8.55. The van der Waals surface area contributed by atoms with Crippen molar-refractivity contribution >= 4 is 110 Å². The number of nitrogens with zero attached hydrogens (tertiary/aromatic N) is 14. The number of aromatic amines is 2. The van der Waals surface area contributed by atoms with Crippen molar-refractivity contribution in [3.05, 3.63) is 94.4 Å². The van der Waals surface area contributed by atoms with E-state index in [0.29, 0.717) is 45.3 Å². The Morgan fingerprint density at radius 3 is 1.33 bits per heavy atom. The molecule has 0 bridgehead atoms. The zero-order valence-electron chi connectivity index (χ0n) is 56.4. The van der Waals surface area contributed by atoms with Gasteiger partial charge in [-0.05, 0) is 96.1 Å². The molecule has 0 saturated heterocycles. The van der Waals surface area contributed by atoms with Crippen LogP contribution < -0.4 is 36.4 Å². The third-order valence-corrected chi connectivity index (χ3v) is 13.8. The molecule has 498 valence electrons. The molecule has 0 saturated carbocycles. The van der Waals surface area contributed by atoms with Crippen LogP contribution in [0.4, 0.5) is 63.0 Å². The van der Waals surface area contributed by atoms with Gasteiger partial charge in [-0.1, -0.05) is 68.4 Å². The Labute approximate surface area is 546 Å². The molecule has 3 heterocycles. The molecule has 3 amide bonds. The van der Waals surface area contributed by atoms with Gasteiger partial charge in [0, 0.05) is 110 Å². The number of carbonyl (C=O) groups is 3. The summed E-state index contributed by atoms with van der Waals surface area (Å²) in [5.41, 5.74) is 12.9. The van der Waals surface area contributed by atoms with E-state index in [4.69, 9.17) is 11.0 Å². The van der Waals surface area contributed by atoms with E-state index in [1.54, 1.807) is 18.2 Å². The molecule has 0 unspecified atom stereocenters. The summed E-state index contributed by atoms with van der Waals surface area (Å²) in [5, 5.41) is 70.6. The number of nitrogens with one attached hydrogen (secondary N) is 5. The van der Waals surface area contributed by atoms with Crippen LogP contribution in [0.5, 0.6) is 0 Å². The van der Waals surface area contributed by atoms with Gasteiger partial charge in [0.15, 0.2) is 5.82 Å². The van der Waals surface area contributed by atoms with Crippen LogP contribution in [-0.4, -0.2) is 116 Å². The summed E-state index contributed by atoms with van der Waals surface area (Å²) >= 11 is 0. The smallest absolute Gasteiger partial charge is 0.252 e. The van der Waals surface area contributed by atoms with Crippen LogP contribution in [0.15, 0.2) is 81.1 Å². The fraction of sp³-hybridized carbons (Fsp3) is 0.468. The Hall–Kier alpha value is -9.24. The summed E-state index contributed by atoms with van der Waals surface area (Å²) in [5.74, 6) is -0.183. The molecule has 0 aliphatic carbocycles. The van der Waals surface area contributed by atoms with Gasteiger partial charge in [0.05, 0.1) is 41.0 Å². The van der Waals surface area contributed by atoms with Gasteiger partial charge >= 0.3 is 0 Å². The molecule has 7 N–H and O–H groups in total. The molecule has 3 aromatic carbocycles. The summed E-state index contributed by atoms with van der Waals surface area (Å²) in [4.78, 5) is 40.8. The average Bonchev–Trinajstić information content (AvgIpc) is 1.62. The number of hydrogen-bond acceptors (Lipinski definition) is 21. The summed E-state index contributed by atoms with van der Waals surface area (Å²) in [6.45, 7) is 39.4. The van der Waals surface area contributed by atoms with Crippen LogP contribution in [0.25, 0.3) is 0 Å². The van der Waals surface area contributed by atoms with E-state index in [1.165, 1.54) is 20.8 Å². The molecule has 27 nitrogen and oxygen atoms in total. The lowest BCUT2D eigenvalue weighted by molar-refractivity contribution is -0.115. The highest BCUT2D eigenvalue weighted by atomic mass is 35.7. The van der Waals surface area contributed by atoms with Crippen molar-refractivity contribution in [1.29, 1.82) is 15.8 Å². The Kier molecular flexibility index (Phi) is 29.8. The number of halogens is 1. The summed E-state index contributed by atoms with van der Waals surface area (Å²) < 4.78 is 44.1. The number of nitrogens with two attached hydrogens (primary N) is 1. The predicted octanol–water partition coefficient (Wildman–Crippen LogP) is 12.7. The number of rotatable bonds is 17. The number of amides is 3. The number of anilines is 7. The predicted molar refractivity (Wildman–Crippen MR) is 366 cm³/mol. The van der Waals surface area contributed by atoms with E-state index in [2.05, 4.69) is 127 Å². The summed E-state index contributed by atoms with van der Waals surface area (Å²) in [6.07, 6.45) is 1.91. The van der Waals surface area contributed by atoms with E-state index in [0.717, 1.165) is 84.3 Å². The number of carbonyl (C=O) groups excluding carboxylic acids is 3. The largest absolute Gasteiger partial charge is 0.381 e. The molecule has 92 heavy (non-hydrogen) atoms. The van der Waals surface area contributed by atoms with Crippen molar-refractivity contribution in [2.75, 3.05) is 88.2 Å². The van der Waals surface area contributed by atoms with Crippen LogP contribution in [0.2, 0.25) is 0 Å². The van der Waals surface area contributed by atoms with E-state index in [9.17, 15) is 41.7 Å². The van der Waals surface area contributed by atoms with E-state index in [1.807, 2.05) is 125 Å². The van der Waals surface area contributed by atoms with E-state index in [-0.39, 0.29) is 51.6 Å². The van der Waals surface area contributed by atoms with Gasteiger partial charge in [0.2, 0.25) is 38.4 Å². The monoisotopic (exact) mass is 1320 g/mol. The van der Waals surface area contributed by atoms with Crippen molar-refractivity contribution in [2.45, 2.75) is 141 Å². The summed E-state index contributed by atoms with van der Waals surface area (Å²) in [6, 6.07) is 25.0. The molecular weight excluding hydrogens is 1240 g/mol.